The van der Waals surface area contributed by atoms with Gasteiger partial charge in [-0.25, -0.2) is 0 Å². The van der Waals surface area contributed by atoms with Gasteiger partial charge in [-0.3, -0.25) is 0 Å². The maximum absolute atomic E-state index is 2.29. The van der Waals surface area contributed by atoms with Crippen LogP contribution in [0.3, 0.4) is 0 Å². The molecular formula is C24H27N. The predicted octanol–water partition coefficient (Wildman–Crippen LogP) is 6.29. The van der Waals surface area contributed by atoms with E-state index in [1.54, 1.807) is 0 Å². The normalized spacial score (nSPS) is 12.0. The maximum Gasteiger partial charge on any atom is 0.0446 e. The van der Waals surface area contributed by atoms with E-state index in [9.17, 15) is 0 Å². The van der Waals surface area contributed by atoms with E-state index < -0.39 is 0 Å². The predicted molar refractivity (Wildman–Crippen MR) is 111 cm³/mol. The van der Waals surface area contributed by atoms with Crippen molar-refractivity contribution in [3.05, 3.63) is 83.9 Å². The van der Waals surface area contributed by atoms with Crippen LogP contribution in [0.4, 0.5) is 5.69 Å². The maximum atomic E-state index is 2.29. The van der Waals surface area contributed by atoms with Gasteiger partial charge in [-0.2, -0.15) is 0 Å². The van der Waals surface area contributed by atoms with Gasteiger partial charge in [0.25, 0.3) is 0 Å². The van der Waals surface area contributed by atoms with E-state index in [-0.39, 0.29) is 5.41 Å². The first kappa shape index (κ1) is 17.3. The molecule has 3 aromatic carbocycles. The van der Waals surface area contributed by atoms with Gasteiger partial charge in [0.05, 0.1) is 0 Å². The monoisotopic (exact) mass is 329 g/mol. The second-order valence-electron chi connectivity index (χ2n) is 7.65. The third kappa shape index (κ3) is 4.11. The number of nitrogens with zero attached hydrogens (tertiary/aromatic N) is 1. The van der Waals surface area contributed by atoms with Gasteiger partial charge in [-0.1, -0.05) is 93.6 Å². The fraction of sp³-hybridized carbons (Fsp3) is 0.250. The van der Waals surface area contributed by atoms with E-state index in [2.05, 4.69) is 112 Å². The molecule has 0 atom stereocenters. The zero-order chi connectivity index (χ0) is 17.9. The molecule has 0 aliphatic heterocycles. The summed E-state index contributed by atoms with van der Waals surface area (Å²) in [4.78, 5) is 2.29. The lowest BCUT2D eigenvalue weighted by atomic mass is 9.87. The number of anilines is 1. The largest absolute Gasteiger partial charge is 0.370 e. The van der Waals surface area contributed by atoms with Crippen molar-refractivity contribution >= 4 is 22.5 Å². The van der Waals surface area contributed by atoms with Crippen LogP contribution in [0, 0.1) is 0 Å². The lowest BCUT2D eigenvalue weighted by Crippen LogP contribution is -2.16. The standard InChI is InChI=1S/C24H27N/c1-24(2,3)21-16-14-19(15-17-21)9-8-18-25(4)23-13-7-11-20-10-5-6-12-22(20)23/h5-17H,18H2,1-4H3/b9-8+. The number of fused-ring (bicyclic) bond motifs is 1. The summed E-state index contributed by atoms with van der Waals surface area (Å²) in [6.07, 6.45) is 4.43. The summed E-state index contributed by atoms with van der Waals surface area (Å²) in [7, 11) is 2.15. The van der Waals surface area contributed by atoms with E-state index in [4.69, 9.17) is 0 Å². The average molecular weight is 329 g/mol. The zero-order valence-electron chi connectivity index (χ0n) is 15.7. The van der Waals surface area contributed by atoms with Crippen LogP contribution < -0.4 is 4.90 Å². The van der Waals surface area contributed by atoms with Gasteiger partial charge in [0, 0.05) is 24.7 Å². The molecule has 0 fully saturated rings. The lowest BCUT2D eigenvalue weighted by molar-refractivity contribution is 0.590. The summed E-state index contributed by atoms with van der Waals surface area (Å²) in [6.45, 7) is 7.62. The molecule has 0 saturated carbocycles. The summed E-state index contributed by atoms with van der Waals surface area (Å²) < 4.78 is 0. The Kier molecular flexibility index (Phi) is 4.94. The van der Waals surface area contributed by atoms with Crippen molar-refractivity contribution in [3.8, 4) is 0 Å². The van der Waals surface area contributed by atoms with Crippen LogP contribution >= 0.6 is 0 Å². The average Bonchev–Trinajstić information content (AvgIpc) is 2.61. The van der Waals surface area contributed by atoms with Gasteiger partial charge in [0.1, 0.15) is 0 Å². The van der Waals surface area contributed by atoms with Crippen molar-refractivity contribution in [2.75, 3.05) is 18.5 Å². The number of benzene rings is 3. The first-order chi connectivity index (χ1) is 11.9. The Morgan fingerprint density at radius 1 is 0.840 bits per heavy atom. The van der Waals surface area contributed by atoms with Gasteiger partial charge in [-0.05, 0) is 28.0 Å². The van der Waals surface area contributed by atoms with E-state index in [1.165, 1.54) is 27.6 Å². The van der Waals surface area contributed by atoms with Crippen LogP contribution in [0.5, 0.6) is 0 Å². The highest BCUT2D eigenvalue weighted by Gasteiger charge is 2.12. The van der Waals surface area contributed by atoms with Gasteiger partial charge in [-0.15, -0.1) is 0 Å². The van der Waals surface area contributed by atoms with Gasteiger partial charge >= 0.3 is 0 Å². The zero-order valence-corrected chi connectivity index (χ0v) is 15.7. The summed E-state index contributed by atoms with van der Waals surface area (Å²) >= 11 is 0. The van der Waals surface area contributed by atoms with Crippen molar-refractivity contribution in [1.82, 2.24) is 0 Å². The Balaban J connectivity index is 1.71. The smallest absolute Gasteiger partial charge is 0.0446 e. The summed E-state index contributed by atoms with van der Waals surface area (Å²) in [5.41, 5.74) is 4.10. The van der Waals surface area contributed by atoms with Crippen LogP contribution in [0.15, 0.2) is 72.8 Å². The Bertz CT molecular complexity index is 861. The summed E-state index contributed by atoms with van der Waals surface area (Å²) in [5.74, 6) is 0. The lowest BCUT2D eigenvalue weighted by Gasteiger charge is -2.20. The molecule has 0 heterocycles. The fourth-order valence-electron chi connectivity index (χ4n) is 3.08. The molecule has 0 unspecified atom stereocenters. The third-order valence-electron chi connectivity index (χ3n) is 4.64. The van der Waals surface area contributed by atoms with Crippen molar-refractivity contribution in [3.63, 3.8) is 0 Å². The molecule has 0 N–H and O–H groups in total. The van der Waals surface area contributed by atoms with Crippen molar-refractivity contribution in [1.29, 1.82) is 0 Å². The summed E-state index contributed by atoms with van der Waals surface area (Å²) in [6, 6.07) is 23.9. The van der Waals surface area contributed by atoms with Crippen LogP contribution in [0.2, 0.25) is 0 Å². The van der Waals surface area contributed by atoms with Crippen molar-refractivity contribution in [2.24, 2.45) is 0 Å². The summed E-state index contributed by atoms with van der Waals surface area (Å²) in [5, 5.41) is 2.59. The number of hydrogen-bond acceptors (Lipinski definition) is 1. The molecule has 3 aromatic rings. The second-order valence-corrected chi connectivity index (χ2v) is 7.65. The van der Waals surface area contributed by atoms with Gasteiger partial charge in [0.2, 0.25) is 0 Å². The van der Waals surface area contributed by atoms with Crippen molar-refractivity contribution < 1.29 is 0 Å². The molecule has 25 heavy (non-hydrogen) atoms. The number of likely N-dealkylation sites (N-methyl/N-ethyl adjacent to an activating group) is 1. The van der Waals surface area contributed by atoms with Crippen LogP contribution in [0.1, 0.15) is 31.9 Å². The van der Waals surface area contributed by atoms with Crippen LogP contribution in [0.25, 0.3) is 16.8 Å². The first-order valence-electron chi connectivity index (χ1n) is 8.91. The molecule has 0 saturated heterocycles. The molecule has 0 aromatic heterocycles. The molecule has 3 rings (SSSR count). The molecule has 0 aliphatic carbocycles. The minimum Gasteiger partial charge on any atom is -0.370 e. The topological polar surface area (TPSA) is 3.24 Å². The SMILES string of the molecule is CN(C/C=C/c1ccc(C(C)(C)C)cc1)c1cccc2ccccc12. The Hall–Kier alpha value is -2.54. The Morgan fingerprint density at radius 3 is 2.24 bits per heavy atom. The second kappa shape index (κ2) is 7.14. The minimum atomic E-state index is 0.205. The van der Waals surface area contributed by atoms with Crippen LogP contribution in [-0.2, 0) is 5.41 Å². The molecule has 0 bridgehead atoms. The van der Waals surface area contributed by atoms with Gasteiger partial charge < -0.3 is 4.90 Å². The molecule has 0 aliphatic rings. The quantitative estimate of drug-likeness (QED) is 0.544. The van der Waals surface area contributed by atoms with E-state index in [0.29, 0.717) is 0 Å². The molecular weight excluding hydrogens is 302 g/mol. The number of rotatable bonds is 4. The molecule has 0 amide bonds. The van der Waals surface area contributed by atoms with E-state index in [1.807, 2.05) is 0 Å². The van der Waals surface area contributed by atoms with E-state index in [0.717, 1.165) is 6.54 Å². The minimum absolute atomic E-state index is 0.205. The third-order valence-corrected chi connectivity index (χ3v) is 4.64. The van der Waals surface area contributed by atoms with Crippen LogP contribution in [-0.4, -0.2) is 13.6 Å². The number of hydrogen-bond donors (Lipinski definition) is 0. The highest BCUT2D eigenvalue weighted by atomic mass is 15.1. The molecule has 1 nitrogen and oxygen atoms in total. The fourth-order valence-corrected chi connectivity index (χ4v) is 3.08. The molecule has 128 valence electrons. The van der Waals surface area contributed by atoms with E-state index >= 15 is 0 Å². The highest BCUT2D eigenvalue weighted by Crippen LogP contribution is 2.26. The molecule has 0 radical (unpaired) electrons. The Labute approximate surface area is 151 Å². The highest BCUT2D eigenvalue weighted by molar-refractivity contribution is 5.94. The first-order valence-corrected chi connectivity index (χ1v) is 8.91. The molecule has 0 spiro atoms. The van der Waals surface area contributed by atoms with Gasteiger partial charge in [0.15, 0.2) is 0 Å². The van der Waals surface area contributed by atoms with Crippen molar-refractivity contribution in [2.45, 2.75) is 26.2 Å². The Morgan fingerprint density at radius 2 is 1.52 bits per heavy atom. The molecule has 1 heteroatoms.